The standard InChI is InChI=1S/C16H20N6O2S2/c1-9-3-11-6-26-15(17)21-16(11,8-24-9)14-20-12(7-25-14)19-13(23)10-4-18-22(2)5-10/h4-5,7,9,11H,3,6,8H2,1-2H3,(H2,17,21)(H,19,23). The van der Waals surface area contributed by atoms with Gasteiger partial charge in [-0.2, -0.15) is 5.10 Å². The quantitative estimate of drug-likeness (QED) is 0.825. The molecule has 3 N–H and O–H groups in total. The highest BCUT2D eigenvalue weighted by atomic mass is 32.2. The van der Waals surface area contributed by atoms with Gasteiger partial charge in [-0.05, 0) is 13.3 Å². The van der Waals surface area contributed by atoms with E-state index in [1.54, 1.807) is 29.7 Å². The topological polar surface area (TPSA) is 107 Å². The molecule has 3 unspecified atom stereocenters. The molecular weight excluding hydrogens is 372 g/mol. The minimum atomic E-state index is -0.552. The number of hydrogen-bond acceptors (Lipinski definition) is 8. The maximum Gasteiger partial charge on any atom is 0.260 e. The summed E-state index contributed by atoms with van der Waals surface area (Å²) < 4.78 is 7.50. The lowest BCUT2D eigenvalue weighted by Gasteiger charge is -2.44. The number of hydrogen-bond donors (Lipinski definition) is 2. The van der Waals surface area contributed by atoms with E-state index in [0.29, 0.717) is 29.1 Å². The number of nitrogens with zero attached hydrogens (tertiary/aromatic N) is 4. The van der Waals surface area contributed by atoms with Crippen LogP contribution in [0.25, 0.3) is 0 Å². The maximum atomic E-state index is 12.3. The number of thioether (sulfide) groups is 1. The van der Waals surface area contributed by atoms with Crippen LogP contribution in [0.4, 0.5) is 5.82 Å². The van der Waals surface area contributed by atoms with E-state index in [1.807, 2.05) is 5.38 Å². The second-order valence-electron chi connectivity index (χ2n) is 6.63. The lowest BCUT2D eigenvalue weighted by molar-refractivity contribution is -0.0466. The molecule has 8 nitrogen and oxygen atoms in total. The van der Waals surface area contributed by atoms with Crippen LogP contribution >= 0.6 is 23.1 Å². The molecule has 0 aliphatic carbocycles. The molecule has 3 atom stereocenters. The van der Waals surface area contributed by atoms with Crippen LogP contribution in [0.1, 0.15) is 28.7 Å². The smallest absolute Gasteiger partial charge is 0.260 e. The van der Waals surface area contributed by atoms with Gasteiger partial charge in [0, 0.05) is 30.3 Å². The summed E-state index contributed by atoms with van der Waals surface area (Å²) in [4.78, 5) is 21.7. The zero-order chi connectivity index (χ0) is 18.3. The van der Waals surface area contributed by atoms with Gasteiger partial charge in [-0.25, -0.2) is 9.98 Å². The largest absolute Gasteiger partial charge is 0.379 e. The van der Waals surface area contributed by atoms with E-state index in [2.05, 4.69) is 22.3 Å². The van der Waals surface area contributed by atoms with Crippen LogP contribution in [0.2, 0.25) is 0 Å². The van der Waals surface area contributed by atoms with Gasteiger partial charge < -0.3 is 15.8 Å². The summed E-state index contributed by atoms with van der Waals surface area (Å²) in [6.07, 6.45) is 4.31. The first-order valence-corrected chi connectivity index (χ1v) is 10.2. The number of aliphatic imine (C=N–C) groups is 1. The lowest BCUT2D eigenvalue weighted by atomic mass is 9.80. The highest BCUT2D eigenvalue weighted by molar-refractivity contribution is 8.13. The van der Waals surface area contributed by atoms with Crippen LogP contribution in [0, 0.1) is 5.92 Å². The van der Waals surface area contributed by atoms with Crippen LogP contribution in [0.5, 0.6) is 0 Å². The van der Waals surface area contributed by atoms with Crippen molar-refractivity contribution >= 4 is 40.0 Å². The first kappa shape index (κ1) is 17.5. The average Bonchev–Trinajstić information content (AvgIpc) is 3.24. The van der Waals surface area contributed by atoms with Crippen LogP contribution in [-0.4, -0.2) is 44.3 Å². The molecule has 1 amide bonds. The number of ether oxygens (including phenoxy) is 1. The molecular formula is C16H20N6O2S2. The molecule has 2 aliphatic heterocycles. The molecule has 10 heteroatoms. The Bertz CT molecular complexity index is 863. The molecule has 2 aliphatic rings. The van der Waals surface area contributed by atoms with Crippen molar-refractivity contribution < 1.29 is 9.53 Å². The van der Waals surface area contributed by atoms with Crippen LogP contribution in [0.3, 0.4) is 0 Å². The van der Waals surface area contributed by atoms with Gasteiger partial charge in [0.1, 0.15) is 16.4 Å². The fraction of sp³-hybridized carbons (Fsp3) is 0.500. The normalized spacial score (nSPS) is 28.3. The number of amides is 1. The second-order valence-corrected chi connectivity index (χ2v) is 8.53. The molecule has 0 bridgehead atoms. The van der Waals surface area contributed by atoms with Crippen molar-refractivity contribution in [3.63, 3.8) is 0 Å². The van der Waals surface area contributed by atoms with Gasteiger partial charge in [0.25, 0.3) is 5.91 Å². The summed E-state index contributed by atoms with van der Waals surface area (Å²) >= 11 is 3.07. The summed E-state index contributed by atoms with van der Waals surface area (Å²) in [7, 11) is 1.77. The number of carbonyl (C=O) groups is 1. The van der Waals surface area contributed by atoms with Crippen molar-refractivity contribution in [1.29, 1.82) is 0 Å². The lowest BCUT2D eigenvalue weighted by Crippen LogP contribution is -2.49. The van der Waals surface area contributed by atoms with Crippen molar-refractivity contribution in [2.24, 2.45) is 23.7 Å². The van der Waals surface area contributed by atoms with Crippen LogP contribution in [-0.2, 0) is 17.3 Å². The number of rotatable bonds is 3. The van der Waals surface area contributed by atoms with Gasteiger partial charge in [-0.3, -0.25) is 9.48 Å². The third-order valence-electron chi connectivity index (χ3n) is 4.71. The van der Waals surface area contributed by atoms with Crippen molar-refractivity contribution in [1.82, 2.24) is 14.8 Å². The fourth-order valence-corrected chi connectivity index (χ4v) is 5.31. The van der Waals surface area contributed by atoms with Gasteiger partial charge in [0.2, 0.25) is 0 Å². The molecule has 0 aromatic carbocycles. The summed E-state index contributed by atoms with van der Waals surface area (Å²) in [5.74, 6) is 1.49. The number of fused-ring (bicyclic) bond motifs is 1. The Kier molecular flexibility index (Phi) is 4.49. The van der Waals surface area contributed by atoms with E-state index in [-0.39, 0.29) is 12.0 Å². The number of anilines is 1. The van der Waals surface area contributed by atoms with Gasteiger partial charge >= 0.3 is 0 Å². The Morgan fingerprint density at radius 1 is 1.54 bits per heavy atom. The Labute approximate surface area is 159 Å². The molecule has 1 saturated heterocycles. The van der Waals surface area contributed by atoms with Crippen molar-refractivity contribution in [3.05, 3.63) is 28.3 Å². The van der Waals surface area contributed by atoms with E-state index < -0.39 is 5.54 Å². The van der Waals surface area contributed by atoms with Crippen LogP contribution < -0.4 is 11.1 Å². The van der Waals surface area contributed by atoms with E-state index in [0.717, 1.165) is 17.2 Å². The van der Waals surface area contributed by atoms with Crippen molar-refractivity contribution in [2.75, 3.05) is 17.7 Å². The van der Waals surface area contributed by atoms with Gasteiger partial charge in [0.15, 0.2) is 5.17 Å². The molecule has 138 valence electrons. The summed E-state index contributed by atoms with van der Waals surface area (Å²) in [5.41, 5.74) is 5.96. The molecule has 4 heterocycles. The number of nitrogens with one attached hydrogen (secondary N) is 1. The Morgan fingerprint density at radius 3 is 3.15 bits per heavy atom. The number of aromatic nitrogens is 3. The summed E-state index contributed by atoms with van der Waals surface area (Å²) in [5, 5.41) is 10.1. The van der Waals surface area contributed by atoms with Gasteiger partial charge in [-0.15, -0.1) is 11.3 Å². The van der Waals surface area contributed by atoms with Crippen LogP contribution in [0.15, 0.2) is 22.8 Å². The Balaban J connectivity index is 1.59. The van der Waals surface area contributed by atoms with E-state index >= 15 is 0 Å². The monoisotopic (exact) mass is 392 g/mol. The first-order valence-electron chi connectivity index (χ1n) is 8.32. The minimum Gasteiger partial charge on any atom is -0.379 e. The number of amidine groups is 1. The molecule has 0 saturated carbocycles. The second kappa shape index (κ2) is 6.67. The number of aryl methyl sites for hydroxylation is 1. The number of thiazole rings is 1. The molecule has 4 rings (SSSR count). The zero-order valence-corrected chi connectivity index (χ0v) is 16.1. The molecule has 1 fully saturated rings. The SMILES string of the molecule is CC1CC2CSC(N)=NC2(c2nc(NC(=O)c3cnn(C)c3)cs2)CO1. The van der Waals surface area contributed by atoms with E-state index in [9.17, 15) is 4.79 Å². The predicted molar refractivity (Wildman–Crippen MR) is 103 cm³/mol. The van der Waals surface area contributed by atoms with Gasteiger partial charge in [0.05, 0.1) is 24.5 Å². The van der Waals surface area contributed by atoms with E-state index in [1.165, 1.54) is 17.5 Å². The molecule has 2 aromatic heterocycles. The maximum absolute atomic E-state index is 12.3. The fourth-order valence-electron chi connectivity index (χ4n) is 3.34. The summed E-state index contributed by atoms with van der Waals surface area (Å²) in [6, 6.07) is 0. The first-order chi connectivity index (χ1) is 12.5. The molecule has 2 aromatic rings. The highest BCUT2D eigenvalue weighted by Gasteiger charge is 2.49. The molecule has 0 spiro atoms. The molecule has 26 heavy (non-hydrogen) atoms. The molecule has 0 radical (unpaired) electrons. The van der Waals surface area contributed by atoms with Crippen molar-refractivity contribution in [2.45, 2.75) is 25.0 Å². The average molecular weight is 393 g/mol. The zero-order valence-electron chi connectivity index (χ0n) is 14.5. The Hall–Kier alpha value is -1.91. The highest BCUT2D eigenvalue weighted by Crippen LogP contribution is 2.46. The predicted octanol–water partition coefficient (Wildman–Crippen LogP) is 1.81. The number of carbonyl (C=O) groups excluding carboxylic acids is 1. The van der Waals surface area contributed by atoms with Gasteiger partial charge in [-0.1, -0.05) is 11.8 Å². The summed E-state index contributed by atoms with van der Waals surface area (Å²) in [6.45, 7) is 2.54. The third-order valence-corrected chi connectivity index (χ3v) is 6.67. The minimum absolute atomic E-state index is 0.202. The Morgan fingerprint density at radius 2 is 2.38 bits per heavy atom. The third kappa shape index (κ3) is 3.12. The van der Waals surface area contributed by atoms with E-state index in [4.69, 9.17) is 15.5 Å². The number of nitrogens with two attached hydrogens (primary N) is 1. The van der Waals surface area contributed by atoms with Crippen molar-refractivity contribution in [3.8, 4) is 0 Å².